The van der Waals surface area contributed by atoms with Gasteiger partial charge >= 0.3 is 0 Å². The molecule has 1 fully saturated rings. The molecule has 0 radical (unpaired) electrons. The highest BCUT2D eigenvalue weighted by Crippen LogP contribution is 2.30. The molecule has 2 nitrogen and oxygen atoms in total. The van der Waals surface area contributed by atoms with Gasteiger partial charge in [-0.25, -0.2) is 0 Å². The van der Waals surface area contributed by atoms with Gasteiger partial charge in [0.15, 0.2) is 0 Å². The predicted molar refractivity (Wildman–Crippen MR) is 77.8 cm³/mol. The number of carbonyl (C=O) groups excluding carboxylic acids is 1. The van der Waals surface area contributed by atoms with Gasteiger partial charge in [-0.3, -0.25) is 4.79 Å². The molecule has 2 rings (SSSR count). The Balaban J connectivity index is 1.85. The lowest BCUT2D eigenvalue weighted by Gasteiger charge is -2.30. The fourth-order valence-corrected chi connectivity index (χ4v) is 3.87. The van der Waals surface area contributed by atoms with Crippen molar-refractivity contribution >= 4 is 40.4 Å². The third-order valence-electron chi connectivity index (χ3n) is 3.59. The molecule has 1 saturated carbocycles. The van der Waals surface area contributed by atoms with Crippen molar-refractivity contribution in [2.24, 2.45) is 11.8 Å². The van der Waals surface area contributed by atoms with Gasteiger partial charge in [0.25, 0.3) is 5.91 Å². The highest BCUT2D eigenvalue weighted by atomic mass is 35.5. The first kappa shape index (κ1) is 14.2. The topological polar surface area (TPSA) is 29.1 Å². The van der Waals surface area contributed by atoms with E-state index in [9.17, 15) is 4.79 Å². The van der Waals surface area contributed by atoms with Crippen molar-refractivity contribution in [3.05, 3.63) is 21.3 Å². The van der Waals surface area contributed by atoms with Crippen molar-refractivity contribution in [2.45, 2.75) is 25.7 Å². The molecule has 1 aliphatic rings. The van der Waals surface area contributed by atoms with Crippen LogP contribution in [0.5, 0.6) is 0 Å². The summed E-state index contributed by atoms with van der Waals surface area (Å²) in [7, 11) is 0. The molecule has 0 saturated heterocycles. The number of thiophene rings is 1. The zero-order valence-corrected chi connectivity index (χ0v) is 12.5. The van der Waals surface area contributed by atoms with Gasteiger partial charge in [-0.2, -0.15) is 0 Å². The van der Waals surface area contributed by atoms with E-state index in [0.717, 1.165) is 6.54 Å². The maximum atomic E-state index is 11.9. The first-order valence-corrected chi connectivity index (χ1v) is 8.03. The molecule has 1 heterocycles. The lowest BCUT2D eigenvalue weighted by atomic mass is 9.80. The van der Waals surface area contributed by atoms with E-state index in [0.29, 0.717) is 26.9 Å². The SMILES string of the molecule is O=C(NCC1CCCCC1CCl)c1ccc(Cl)s1. The quantitative estimate of drug-likeness (QED) is 0.831. The summed E-state index contributed by atoms with van der Waals surface area (Å²) in [6.07, 6.45) is 4.87. The number of hydrogen-bond acceptors (Lipinski definition) is 2. The Kier molecular flexibility index (Phi) is 5.34. The van der Waals surface area contributed by atoms with Crippen molar-refractivity contribution in [2.75, 3.05) is 12.4 Å². The number of rotatable bonds is 4. The largest absolute Gasteiger partial charge is 0.351 e. The van der Waals surface area contributed by atoms with Crippen molar-refractivity contribution in [1.82, 2.24) is 5.32 Å². The standard InChI is InChI=1S/C13H17Cl2NOS/c14-7-9-3-1-2-4-10(9)8-16-13(17)11-5-6-12(15)18-11/h5-6,9-10H,1-4,7-8H2,(H,16,17). The van der Waals surface area contributed by atoms with Crippen LogP contribution in [0.25, 0.3) is 0 Å². The smallest absolute Gasteiger partial charge is 0.261 e. The summed E-state index contributed by atoms with van der Waals surface area (Å²) >= 11 is 13.1. The van der Waals surface area contributed by atoms with E-state index in [-0.39, 0.29) is 5.91 Å². The monoisotopic (exact) mass is 305 g/mol. The minimum absolute atomic E-state index is 0.0224. The zero-order chi connectivity index (χ0) is 13.0. The average molecular weight is 306 g/mol. The van der Waals surface area contributed by atoms with E-state index in [2.05, 4.69) is 5.32 Å². The molecule has 100 valence electrons. The van der Waals surface area contributed by atoms with Gasteiger partial charge in [0.1, 0.15) is 0 Å². The molecule has 1 N–H and O–H groups in total. The van der Waals surface area contributed by atoms with Crippen molar-refractivity contribution < 1.29 is 4.79 Å². The van der Waals surface area contributed by atoms with Crippen LogP contribution in [-0.2, 0) is 0 Å². The molecule has 1 aliphatic carbocycles. The Morgan fingerprint density at radius 3 is 2.67 bits per heavy atom. The first-order chi connectivity index (χ1) is 8.70. The lowest BCUT2D eigenvalue weighted by molar-refractivity contribution is 0.0941. The Bertz CT molecular complexity index is 407. The van der Waals surface area contributed by atoms with Crippen LogP contribution in [0.3, 0.4) is 0 Å². The molecular weight excluding hydrogens is 289 g/mol. The lowest BCUT2D eigenvalue weighted by Crippen LogP contribution is -2.34. The van der Waals surface area contributed by atoms with Crippen molar-refractivity contribution in [3.8, 4) is 0 Å². The Hall–Kier alpha value is -0.250. The van der Waals surface area contributed by atoms with E-state index < -0.39 is 0 Å². The molecular formula is C13H17Cl2NOS. The number of halogens is 2. The summed E-state index contributed by atoms with van der Waals surface area (Å²) in [5.74, 6) is 1.75. The molecule has 0 bridgehead atoms. The number of hydrogen-bond donors (Lipinski definition) is 1. The molecule has 1 aromatic heterocycles. The van der Waals surface area contributed by atoms with Crippen LogP contribution < -0.4 is 5.32 Å². The molecule has 1 aromatic rings. The fourth-order valence-electron chi connectivity index (χ4n) is 2.50. The number of alkyl halides is 1. The Labute approximate surface area is 122 Å². The average Bonchev–Trinajstić information content (AvgIpc) is 2.83. The van der Waals surface area contributed by atoms with E-state index in [1.165, 1.54) is 37.0 Å². The van der Waals surface area contributed by atoms with E-state index >= 15 is 0 Å². The molecule has 2 unspecified atom stereocenters. The molecule has 0 aliphatic heterocycles. The van der Waals surface area contributed by atoms with Crippen LogP contribution in [0.15, 0.2) is 12.1 Å². The maximum absolute atomic E-state index is 11.9. The first-order valence-electron chi connectivity index (χ1n) is 6.30. The summed E-state index contributed by atoms with van der Waals surface area (Å²) in [6.45, 7) is 0.728. The van der Waals surface area contributed by atoms with Gasteiger partial charge in [0.05, 0.1) is 9.21 Å². The van der Waals surface area contributed by atoms with E-state index in [4.69, 9.17) is 23.2 Å². The minimum atomic E-state index is -0.0224. The van der Waals surface area contributed by atoms with Gasteiger partial charge < -0.3 is 5.32 Å². The third kappa shape index (κ3) is 3.62. The van der Waals surface area contributed by atoms with Crippen molar-refractivity contribution in [1.29, 1.82) is 0 Å². The molecule has 5 heteroatoms. The summed E-state index contributed by atoms with van der Waals surface area (Å²) < 4.78 is 0.649. The van der Waals surface area contributed by atoms with Crippen LogP contribution in [0.2, 0.25) is 4.34 Å². The fraction of sp³-hybridized carbons (Fsp3) is 0.615. The highest BCUT2D eigenvalue weighted by Gasteiger charge is 2.24. The van der Waals surface area contributed by atoms with Gasteiger partial charge in [0.2, 0.25) is 0 Å². The second kappa shape index (κ2) is 6.78. The normalized spacial score (nSPS) is 23.9. The van der Waals surface area contributed by atoms with Crippen molar-refractivity contribution in [3.63, 3.8) is 0 Å². The minimum Gasteiger partial charge on any atom is -0.351 e. The van der Waals surface area contributed by atoms with Gasteiger partial charge in [-0.1, -0.05) is 24.4 Å². The van der Waals surface area contributed by atoms with Crippen LogP contribution in [0.1, 0.15) is 35.4 Å². The molecule has 2 atom stereocenters. The molecule has 1 amide bonds. The highest BCUT2D eigenvalue weighted by molar-refractivity contribution is 7.17. The van der Waals surface area contributed by atoms with Gasteiger partial charge in [0, 0.05) is 12.4 Å². The second-order valence-corrected chi connectivity index (χ2v) is 6.80. The second-order valence-electron chi connectivity index (χ2n) is 4.77. The van der Waals surface area contributed by atoms with Crippen LogP contribution in [-0.4, -0.2) is 18.3 Å². The Morgan fingerprint density at radius 2 is 2.06 bits per heavy atom. The van der Waals surface area contributed by atoms with Crippen LogP contribution >= 0.6 is 34.5 Å². The van der Waals surface area contributed by atoms with E-state index in [1.54, 1.807) is 12.1 Å². The number of carbonyl (C=O) groups is 1. The number of nitrogens with one attached hydrogen (secondary N) is 1. The Morgan fingerprint density at radius 1 is 1.33 bits per heavy atom. The maximum Gasteiger partial charge on any atom is 0.261 e. The van der Waals surface area contributed by atoms with Crippen LogP contribution in [0.4, 0.5) is 0 Å². The predicted octanol–water partition coefficient (Wildman–Crippen LogP) is 4.18. The van der Waals surface area contributed by atoms with E-state index in [1.807, 2.05) is 0 Å². The summed E-state index contributed by atoms with van der Waals surface area (Å²) in [6, 6.07) is 3.52. The zero-order valence-electron chi connectivity index (χ0n) is 10.1. The van der Waals surface area contributed by atoms with Gasteiger partial charge in [-0.15, -0.1) is 22.9 Å². The van der Waals surface area contributed by atoms with Gasteiger partial charge in [-0.05, 0) is 36.8 Å². The number of amides is 1. The van der Waals surface area contributed by atoms with Crippen LogP contribution in [0, 0.1) is 11.8 Å². The molecule has 18 heavy (non-hydrogen) atoms. The molecule has 0 aromatic carbocycles. The third-order valence-corrected chi connectivity index (χ3v) is 5.21. The summed E-state index contributed by atoms with van der Waals surface area (Å²) in [5, 5.41) is 3.00. The molecule has 0 spiro atoms. The summed E-state index contributed by atoms with van der Waals surface area (Å²) in [5.41, 5.74) is 0. The summed E-state index contributed by atoms with van der Waals surface area (Å²) in [4.78, 5) is 12.6.